The summed E-state index contributed by atoms with van der Waals surface area (Å²) < 4.78 is 11.1. The molecular formula is C20H15ClN2O3. The van der Waals surface area contributed by atoms with Gasteiger partial charge in [0, 0.05) is 22.2 Å². The highest BCUT2D eigenvalue weighted by atomic mass is 35.5. The van der Waals surface area contributed by atoms with Crippen LogP contribution in [-0.2, 0) is 11.2 Å². The first-order valence-electron chi connectivity index (χ1n) is 8.09. The Morgan fingerprint density at radius 1 is 1.12 bits per heavy atom. The second-order valence-corrected chi connectivity index (χ2v) is 6.45. The lowest BCUT2D eigenvalue weighted by Gasteiger charge is -2.07. The normalized spacial score (nSPS) is 11.0. The maximum absolute atomic E-state index is 12.3. The minimum atomic E-state index is -0.195. The zero-order valence-corrected chi connectivity index (χ0v) is 14.7. The fourth-order valence-corrected chi connectivity index (χ4v) is 2.87. The summed E-state index contributed by atoms with van der Waals surface area (Å²) in [6, 6.07) is 16.6. The highest BCUT2D eigenvalue weighted by molar-refractivity contribution is 6.31. The van der Waals surface area contributed by atoms with E-state index < -0.39 is 0 Å². The lowest BCUT2D eigenvalue weighted by atomic mass is 10.2. The largest absolute Gasteiger partial charge is 0.453 e. The summed E-state index contributed by atoms with van der Waals surface area (Å²) in [6.07, 6.45) is 0.0929. The number of hydrogen-bond donors (Lipinski definition) is 1. The molecule has 0 aliphatic carbocycles. The van der Waals surface area contributed by atoms with Gasteiger partial charge in [-0.05, 0) is 36.8 Å². The predicted octanol–water partition coefficient (Wildman–Crippen LogP) is 5.23. The molecule has 26 heavy (non-hydrogen) atoms. The average Bonchev–Trinajstić information content (AvgIpc) is 3.24. The third-order valence-corrected chi connectivity index (χ3v) is 4.28. The molecule has 0 atom stereocenters. The zero-order chi connectivity index (χ0) is 18.1. The molecular weight excluding hydrogens is 352 g/mol. The Morgan fingerprint density at radius 2 is 1.96 bits per heavy atom. The number of para-hydroxylation sites is 1. The molecule has 4 aromatic rings. The Hall–Kier alpha value is -3.05. The topological polar surface area (TPSA) is 68.3 Å². The maximum atomic E-state index is 12.3. The summed E-state index contributed by atoms with van der Waals surface area (Å²) in [5, 5.41) is 8.35. The number of hydrogen-bond acceptors (Lipinski definition) is 4. The van der Waals surface area contributed by atoms with Gasteiger partial charge in [0.25, 0.3) is 0 Å². The van der Waals surface area contributed by atoms with Gasteiger partial charge in [0.05, 0.1) is 12.1 Å². The number of amides is 1. The molecule has 4 rings (SSSR count). The number of aryl methyl sites for hydroxylation is 1. The van der Waals surface area contributed by atoms with E-state index in [0.29, 0.717) is 27.9 Å². The van der Waals surface area contributed by atoms with Crippen LogP contribution in [0.25, 0.3) is 22.5 Å². The van der Waals surface area contributed by atoms with Crippen molar-refractivity contribution >= 4 is 34.2 Å². The van der Waals surface area contributed by atoms with E-state index in [4.69, 9.17) is 20.5 Å². The summed E-state index contributed by atoms with van der Waals surface area (Å²) >= 11 is 5.98. The van der Waals surface area contributed by atoms with E-state index in [-0.39, 0.29) is 12.3 Å². The Balaban J connectivity index is 1.49. The fourth-order valence-electron chi connectivity index (χ4n) is 2.70. The lowest BCUT2D eigenvalue weighted by molar-refractivity contribution is -0.115. The van der Waals surface area contributed by atoms with Crippen LogP contribution in [0.2, 0.25) is 5.02 Å². The summed E-state index contributed by atoms with van der Waals surface area (Å²) in [5.74, 6) is 0.874. The summed E-state index contributed by atoms with van der Waals surface area (Å²) in [4.78, 5) is 12.3. The van der Waals surface area contributed by atoms with Crippen molar-refractivity contribution in [1.29, 1.82) is 0 Å². The van der Waals surface area contributed by atoms with Gasteiger partial charge in [0.1, 0.15) is 5.58 Å². The average molecular weight is 367 g/mol. The minimum Gasteiger partial charge on any atom is -0.453 e. The van der Waals surface area contributed by atoms with Crippen molar-refractivity contribution in [3.05, 3.63) is 70.9 Å². The molecule has 1 amide bonds. The highest BCUT2D eigenvalue weighted by Crippen LogP contribution is 2.28. The molecule has 0 unspecified atom stereocenters. The van der Waals surface area contributed by atoms with Crippen LogP contribution in [0.1, 0.15) is 11.3 Å². The van der Waals surface area contributed by atoms with Crippen molar-refractivity contribution in [3.63, 3.8) is 0 Å². The van der Waals surface area contributed by atoms with Crippen molar-refractivity contribution in [3.8, 4) is 11.5 Å². The Bertz CT molecular complexity index is 1060. The number of benzene rings is 2. The number of carbonyl (C=O) groups is 1. The van der Waals surface area contributed by atoms with Crippen LogP contribution in [0.15, 0.2) is 63.5 Å². The number of carbonyl (C=O) groups excluding carboxylic acids is 1. The molecule has 0 saturated heterocycles. The molecule has 0 radical (unpaired) electrons. The van der Waals surface area contributed by atoms with Gasteiger partial charge in [-0.15, -0.1) is 0 Å². The van der Waals surface area contributed by atoms with Crippen LogP contribution in [0, 0.1) is 6.92 Å². The minimum absolute atomic E-state index is 0.0929. The fraction of sp³-hybridized carbons (Fsp3) is 0.100. The van der Waals surface area contributed by atoms with E-state index in [2.05, 4.69) is 10.5 Å². The Kier molecular flexibility index (Phi) is 4.22. The first-order valence-corrected chi connectivity index (χ1v) is 8.47. The number of aromatic nitrogens is 1. The van der Waals surface area contributed by atoms with Gasteiger partial charge in [-0.1, -0.05) is 41.0 Å². The Morgan fingerprint density at radius 3 is 2.81 bits per heavy atom. The molecule has 2 aromatic heterocycles. The zero-order valence-electron chi connectivity index (χ0n) is 14.0. The van der Waals surface area contributed by atoms with Crippen LogP contribution in [0.4, 0.5) is 5.69 Å². The monoisotopic (exact) mass is 366 g/mol. The van der Waals surface area contributed by atoms with Crippen LogP contribution in [-0.4, -0.2) is 11.1 Å². The third-order valence-electron chi connectivity index (χ3n) is 4.04. The van der Waals surface area contributed by atoms with Crippen LogP contribution < -0.4 is 5.32 Å². The number of anilines is 1. The predicted molar refractivity (Wildman–Crippen MR) is 100 cm³/mol. The second kappa shape index (κ2) is 6.69. The van der Waals surface area contributed by atoms with E-state index in [1.54, 1.807) is 18.2 Å². The molecule has 6 heteroatoms. The third kappa shape index (κ3) is 3.34. The molecule has 0 spiro atoms. The molecule has 0 aliphatic heterocycles. The van der Waals surface area contributed by atoms with Gasteiger partial charge in [0.15, 0.2) is 5.76 Å². The van der Waals surface area contributed by atoms with E-state index in [0.717, 1.165) is 16.5 Å². The summed E-state index contributed by atoms with van der Waals surface area (Å²) in [6.45, 7) is 1.90. The number of rotatable bonds is 4. The number of nitrogens with zero attached hydrogens (tertiary/aromatic N) is 1. The van der Waals surface area contributed by atoms with E-state index in [9.17, 15) is 4.79 Å². The van der Waals surface area contributed by atoms with Gasteiger partial charge in [0.2, 0.25) is 11.7 Å². The molecule has 0 saturated carbocycles. The van der Waals surface area contributed by atoms with Gasteiger partial charge < -0.3 is 14.3 Å². The van der Waals surface area contributed by atoms with Crippen molar-refractivity contribution in [2.75, 3.05) is 5.32 Å². The van der Waals surface area contributed by atoms with E-state index >= 15 is 0 Å². The quantitative estimate of drug-likeness (QED) is 0.537. The molecule has 5 nitrogen and oxygen atoms in total. The summed E-state index contributed by atoms with van der Waals surface area (Å²) in [7, 11) is 0. The Labute approximate surface area is 154 Å². The number of furan rings is 1. The first-order chi connectivity index (χ1) is 12.6. The highest BCUT2D eigenvalue weighted by Gasteiger charge is 2.14. The second-order valence-electron chi connectivity index (χ2n) is 6.02. The molecule has 2 heterocycles. The van der Waals surface area contributed by atoms with Crippen molar-refractivity contribution in [1.82, 2.24) is 5.16 Å². The van der Waals surface area contributed by atoms with Crippen LogP contribution >= 0.6 is 11.6 Å². The number of halogens is 1. The van der Waals surface area contributed by atoms with Crippen LogP contribution in [0.3, 0.4) is 0 Å². The molecule has 2 aromatic carbocycles. The van der Waals surface area contributed by atoms with Crippen molar-refractivity contribution in [2.45, 2.75) is 13.3 Å². The van der Waals surface area contributed by atoms with Gasteiger partial charge >= 0.3 is 0 Å². The molecule has 1 N–H and O–H groups in total. The lowest BCUT2D eigenvalue weighted by Crippen LogP contribution is -2.15. The van der Waals surface area contributed by atoms with E-state index in [1.165, 1.54) is 0 Å². The smallest absolute Gasteiger partial charge is 0.230 e. The maximum Gasteiger partial charge on any atom is 0.230 e. The van der Waals surface area contributed by atoms with Gasteiger partial charge in [-0.2, -0.15) is 0 Å². The molecule has 0 bridgehead atoms. The van der Waals surface area contributed by atoms with Crippen LogP contribution in [0.5, 0.6) is 0 Å². The number of fused-ring (bicyclic) bond motifs is 1. The SMILES string of the molecule is Cc1ccc(Cl)cc1NC(=O)Cc1cc(-c2cc3ccccc3o2)on1. The number of nitrogens with one attached hydrogen (secondary N) is 1. The van der Waals surface area contributed by atoms with E-state index in [1.807, 2.05) is 43.3 Å². The standard InChI is InChI=1S/C20H15ClN2O3/c1-12-6-7-14(21)9-16(12)22-20(24)11-15-10-19(26-23-15)18-8-13-4-2-3-5-17(13)25-18/h2-10H,11H2,1H3,(H,22,24). The summed E-state index contributed by atoms with van der Waals surface area (Å²) in [5.41, 5.74) is 2.92. The molecule has 0 aliphatic rings. The van der Waals surface area contributed by atoms with Gasteiger partial charge in [-0.3, -0.25) is 4.79 Å². The van der Waals surface area contributed by atoms with Crippen molar-refractivity contribution in [2.24, 2.45) is 0 Å². The van der Waals surface area contributed by atoms with Gasteiger partial charge in [-0.25, -0.2) is 0 Å². The molecule has 130 valence electrons. The first kappa shape index (κ1) is 16.4. The van der Waals surface area contributed by atoms with Crippen molar-refractivity contribution < 1.29 is 13.7 Å². The molecule has 0 fully saturated rings.